The monoisotopic (exact) mass is 546 g/mol. The maximum atomic E-state index is 13.3. The Kier molecular flexibility index (Phi) is 11.8. The standard InChI is InChI=1S/C31H38N4O5/c1-3-17-34(18-4-2)31(38)26-12-8-11-25(20-26)30(37)33-28(19-23-9-6-5-7-10-23)29(36)22-32-21-24-13-15-27(16-14-24)35(39)40/h5-16,20,28-29,32,36H,3-4,17-19,21-22H2,1-2H3,(H,33,37)/t28-,29?/m0/s1. The molecule has 0 saturated heterocycles. The first-order valence-corrected chi connectivity index (χ1v) is 13.7. The number of carbonyl (C=O) groups is 2. The van der Waals surface area contributed by atoms with E-state index in [1.807, 2.05) is 44.2 Å². The van der Waals surface area contributed by atoms with Crippen LogP contribution in [-0.4, -0.2) is 58.5 Å². The summed E-state index contributed by atoms with van der Waals surface area (Å²) in [5, 5.41) is 28.1. The van der Waals surface area contributed by atoms with E-state index in [0.717, 1.165) is 24.0 Å². The van der Waals surface area contributed by atoms with Crippen LogP contribution >= 0.6 is 0 Å². The lowest BCUT2D eigenvalue weighted by Crippen LogP contribution is -2.48. The van der Waals surface area contributed by atoms with E-state index in [0.29, 0.717) is 37.2 Å². The highest BCUT2D eigenvalue weighted by Gasteiger charge is 2.23. The van der Waals surface area contributed by atoms with Crippen LogP contribution in [0.5, 0.6) is 0 Å². The second-order valence-corrected chi connectivity index (χ2v) is 9.76. The lowest BCUT2D eigenvalue weighted by atomic mass is 10.00. The number of non-ortho nitro benzene ring substituents is 1. The van der Waals surface area contributed by atoms with Crippen molar-refractivity contribution >= 4 is 17.5 Å². The van der Waals surface area contributed by atoms with E-state index in [1.54, 1.807) is 41.3 Å². The van der Waals surface area contributed by atoms with Crippen LogP contribution in [0.25, 0.3) is 0 Å². The minimum Gasteiger partial charge on any atom is -0.390 e. The lowest BCUT2D eigenvalue weighted by Gasteiger charge is -2.25. The Morgan fingerprint density at radius 2 is 1.55 bits per heavy atom. The number of hydrogen-bond acceptors (Lipinski definition) is 6. The second kappa shape index (κ2) is 15.5. The molecule has 2 amide bonds. The zero-order valence-corrected chi connectivity index (χ0v) is 23.1. The van der Waals surface area contributed by atoms with Crippen LogP contribution < -0.4 is 10.6 Å². The topological polar surface area (TPSA) is 125 Å². The van der Waals surface area contributed by atoms with Crippen molar-refractivity contribution in [1.29, 1.82) is 0 Å². The molecule has 3 aromatic carbocycles. The number of nitrogens with one attached hydrogen (secondary N) is 2. The van der Waals surface area contributed by atoms with Gasteiger partial charge in [-0.3, -0.25) is 19.7 Å². The highest BCUT2D eigenvalue weighted by atomic mass is 16.6. The molecule has 40 heavy (non-hydrogen) atoms. The van der Waals surface area contributed by atoms with Crippen LogP contribution in [0, 0.1) is 10.1 Å². The van der Waals surface area contributed by atoms with Crippen LogP contribution in [0.15, 0.2) is 78.9 Å². The summed E-state index contributed by atoms with van der Waals surface area (Å²) >= 11 is 0. The van der Waals surface area contributed by atoms with Gasteiger partial charge in [-0.25, -0.2) is 0 Å². The first kappa shape index (κ1) is 30.5. The van der Waals surface area contributed by atoms with Gasteiger partial charge in [0, 0.05) is 49.4 Å². The number of amides is 2. The minimum atomic E-state index is -0.920. The quantitative estimate of drug-likeness (QED) is 0.192. The van der Waals surface area contributed by atoms with E-state index in [1.165, 1.54) is 12.1 Å². The summed E-state index contributed by atoms with van der Waals surface area (Å²) in [6.07, 6.45) is 1.19. The molecule has 3 rings (SSSR count). The van der Waals surface area contributed by atoms with Gasteiger partial charge in [0.15, 0.2) is 0 Å². The van der Waals surface area contributed by atoms with Gasteiger partial charge in [0.1, 0.15) is 0 Å². The maximum absolute atomic E-state index is 13.3. The molecule has 9 heteroatoms. The molecule has 0 radical (unpaired) electrons. The van der Waals surface area contributed by atoms with Crippen LogP contribution in [0.2, 0.25) is 0 Å². The first-order chi connectivity index (χ1) is 19.3. The van der Waals surface area contributed by atoms with Gasteiger partial charge in [0.05, 0.1) is 17.1 Å². The van der Waals surface area contributed by atoms with Crippen molar-refractivity contribution in [3.8, 4) is 0 Å². The summed E-state index contributed by atoms with van der Waals surface area (Å²) < 4.78 is 0. The largest absolute Gasteiger partial charge is 0.390 e. The Morgan fingerprint density at radius 3 is 2.17 bits per heavy atom. The molecule has 0 heterocycles. The van der Waals surface area contributed by atoms with Gasteiger partial charge in [-0.05, 0) is 48.6 Å². The predicted octanol–water partition coefficient (Wildman–Crippen LogP) is 4.35. The number of nitrogens with zero attached hydrogens (tertiary/aromatic N) is 2. The van der Waals surface area contributed by atoms with Crippen molar-refractivity contribution in [2.24, 2.45) is 0 Å². The number of aliphatic hydroxyl groups excluding tert-OH is 1. The van der Waals surface area contributed by atoms with Crippen LogP contribution in [0.4, 0.5) is 5.69 Å². The van der Waals surface area contributed by atoms with Gasteiger partial charge in [0.25, 0.3) is 17.5 Å². The first-order valence-electron chi connectivity index (χ1n) is 13.7. The zero-order valence-electron chi connectivity index (χ0n) is 23.1. The van der Waals surface area contributed by atoms with Crippen molar-refractivity contribution in [2.75, 3.05) is 19.6 Å². The molecule has 0 aliphatic rings. The molecule has 3 aromatic rings. The second-order valence-electron chi connectivity index (χ2n) is 9.76. The minimum absolute atomic E-state index is 0.0172. The molecule has 9 nitrogen and oxygen atoms in total. The normalized spacial score (nSPS) is 12.4. The lowest BCUT2D eigenvalue weighted by molar-refractivity contribution is -0.384. The Hall–Kier alpha value is -4.08. The summed E-state index contributed by atoms with van der Waals surface area (Å²) in [6, 6.07) is 21.9. The third kappa shape index (κ3) is 9.00. The summed E-state index contributed by atoms with van der Waals surface area (Å²) in [6.45, 7) is 5.95. The maximum Gasteiger partial charge on any atom is 0.269 e. The fourth-order valence-corrected chi connectivity index (χ4v) is 4.48. The van der Waals surface area contributed by atoms with Crippen LogP contribution in [0.1, 0.15) is 58.5 Å². The Morgan fingerprint density at radius 1 is 0.900 bits per heavy atom. The molecule has 0 aliphatic carbocycles. The van der Waals surface area contributed by atoms with E-state index in [-0.39, 0.29) is 24.0 Å². The van der Waals surface area contributed by atoms with Crippen molar-refractivity contribution in [2.45, 2.75) is 51.8 Å². The number of aliphatic hydroxyl groups is 1. The molecule has 0 fully saturated rings. The summed E-state index contributed by atoms with van der Waals surface area (Å²) in [5.74, 6) is -0.475. The van der Waals surface area contributed by atoms with Gasteiger partial charge in [0.2, 0.25) is 0 Å². The molecule has 0 aliphatic heterocycles. The van der Waals surface area contributed by atoms with E-state index >= 15 is 0 Å². The Balaban J connectivity index is 1.70. The molecule has 1 unspecified atom stereocenters. The van der Waals surface area contributed by atoms with Gasteiger partial charge in [-0.2, -0.15) is 0 Å². The van der Waals surface area contributed by atoms with Gasteiger partial charge in [-0.15, -0.1) is 0 Å². The third-order valence-corrected chi connectivity index (χ3v) is 6.56. The van der Waals surface area contributed by atoms with Crippen LogP contribution in [0.3, 0.4) is 0 Å². The highest BCUT2D eigenvalue weighted by Crippen LogP contribution is 2.14. The van der Waals surface area contributed by atoms with E-state index in [9.17, 15) is 24.8 Å². The molecule has 0 bridgehead atoms. The van der Waals surface area contributed by atoms with E-state index in [2.05, 4.69) is 10.6 Å². The smallest absolute Gasteiger partial charge is 0.269 e. The molecule has 0 aromatic heterocycles. The molecular formula is C31H38N4O5. The number of nitro groups is 1. The fraction of sp³-hybridized carbons (Fsp3) is 0.355. The van der Waals surface area contributed by atoms with E-state index in [4.69, 9.17) is 0 Å². The van der Waals surface area contributed by atoms with Crippen molar-refractivity contribution in [1.82, 2.24) is 15.5 Å². The zero-order chi connectivity index (χ0) is 28.9. The molecule has 0 spiro atoms. The highest BCUT2D eigenvalue weighted by molar-refractivity contribution is 5.99. The Labute approximate surface area is 235 Å². The molecule has 3 N–H and O–H groups in total. The Bertz CT molecular complexity index is 1240. The van der Waals surface area contributed by atoms with Crippen molar-refractivity contribution in [3.63, 3.8) is 0 Å². The fourth-order valence-electron chi connectivity index (χ4n) is 4.48. The average Bonchev–Trinajstić information content (AvgIpc) is 2.97. The van der Waals surface area contributed by atoms with Crippen molar-refractivity contribution in [3.05, 3.63) is 111 Å². The summed E-state index contributed by atoms with van der Waals surface area (Å²) in [7, 11) is 0. The van der Waals surface area contributed by atoms with Crippen molar-refractivity contribution < 1.29 is 19.6 Å². The predicted molar refractivity (Wildman–Crippen MR) is 155 cm³/mol. The molecule has 2 atom stereocenters. The molecular weight excluding hydrogens is 508 g/mol. The van der Waals surface area contributed by atoms with Crippen LogP contribution in [-0.2, 0) is 13.0 Å². The molecule has 212 valence electrons. The number of benzene rings is 3. The summed E-state index contributed by atoms with van der Waals surface area (Å²) in [5.41, 5.74) is 2.62. The van der Waals surface area contributed by atoms with Gasteiger partial charge in [-0.1, -0.05) is 62.4 Å². The average molecular weight is 547 g/mol. The summed E-state index contributed by atoms with van der Waals surface area (Å²) in [4.78, 5) is 38.6. The molecule has 0 saturated carbocycles. The number of rotatable bonds is 15. The SMILES string of the molecule is CCCN(CCC)C(=O)c1cccc(C(=O)N[C@@H](Cc2ccccc2)C(O)CNCc2ccc([N+](=O)[O-])cc2)c1. The van der Waals surface area contributed by atoms with Gasteiger partial charge >= 0.3 is 0 Å². The number of nitro benzene ring substituents is 1. The number of carbonyl (C=O) groups excluding carboxylic acids is 2. The van der Waals surface area contributed by atoms with E-state index < -0.39 is 17.1 Å². The number of hydrogen-bond donors (Lipinski definition) is 3. The van der Waals surface area contributed by atoms with Gasteiger partial charge < -0.3 is 20.6 Å². The third-order valence-electron chi connectivity index (χ3n) is 6.56.